The van der Waals surface area contributed by atoms with Gasteiger partial charge in [-0.3, -0.25) is 4.57 Å². The van der Waals surface area contributed by atoms with Crippen LogP contribution in [0, 0.1) is 5.92 Å². The van der Waals surface area contributed by atoms with Gasteiger partial charge >= 0.3 is 7.67 Å². The van der Waals surface area contributed by atoms with Crippen molar-refractivity contribution in [1.29, 1.82) is 0 Å². The van der Waals surface area contributed by atoms with Crippen molar-refractivity contribution in [3.63, 3.8) is 0 Å². The summed E-state index contributed by atoms with van der Waals surface area (Å²) >= 11 is 11.5. The van der Waals surface area contributed by atoms with Crippen LogP contribution in [-0.4, -0.2) is 42.2 Å². The maximum absolute atomic E-state index is 12.8. The minimum absolute atomic E-state index is 0.325. The molecule has 1 N–H and O–H groups in total. The summed E-state index contributed by atoms with van der Waals surface area (Å²) in [5, 5.41) is 3.24. The summed E-state index contributed by atoms with van der Waals surface area (Å²) in [6, 6.07) is 0.325. The quantitative estimate of drug-likeness (QED) is 0.625. The Morgan fingerprint density at radius 1 is 1.22 bits per heavy atom. The molecule has 106 valence electrons. The largest absolute Gasteiger partial charge is 0.343 e. The maximum atomic E-state index is 12.8. The van der Waals surface area contributed by atoms with Gasteiger partial charge < -0.3 is 4.52 Å². The van der Waals surface area contributed by atoms with E-state index in [0.717, 1.165) is 6.42 Å². The molecule has 2 rings (SSSR count). The second-order valence-corrected chi connectivity index (χ2v) is 7.81. The van der Waals surface area contributed by atoms with E-state index in [9.17, 15) is 4.57 Å². The number of rotatable bonds is 5. The van der Waals surface area contributed by atoms with Gasteiger partial charge in [-0.15, -0.1) is 23.2 Å². The van der Waals surface area contributed by atoms with E-state index in [-0.39, 0.29) is 0 Å². The Hall–Kier alpha value is 0.690. The van der Waals surface area contributed by atoms with Crippen LogP contribution in [0.3, 0.4) is 0 Å². The second-order valence-electron chi connectivity index (χ2n) is 4.93. The molecule has 0 bridgehead atoms. The zero-order chi connectivity index (χ0) is 13.0. The standard InChI is InChI=1S/C11H21Cl2N2O2P/c12-5-7-15(8-6-13)18(16)14-11-4-2-1-3-10(11)9-17-18/h10-11H,1-9H2,(H,14,16)/t10-,11-,18-/m1/s1. The third kappa shape index (κ3) is 3.41. The summed E-state index contributed by atoms with van der Waals surface area (Å²) in [6.07, 6.45) is 4.72. The van der Waals surface area contributed by atoms with Gasteiger partial charge in [0.2, 0.25) is 0 Å². The Balaban J connectivity index is 2.03. The zero-order valence-corrected chi connectivity index (χ0v) is 12.9. The fourth-order valence-corrected chi connectivity index (χ4v) is 5.68. The van der Waals surface area contributed by atoms with E-state index in [2.05, 4.69) is 5.09 Å². The monoisotopic (exact) mass is 314 g/mol. The number of nitrogens with zero attached hydrogens (tertiary/aromatic N) is 1. The fraction of sp³-hybridized carbons (Fsp3) is 1.00. The Morgan fingerprint density at radius 2 is 1.89 bits per heavy atom. The first kappa shape index (κ1) is 15.1. The molecule has 0 aromatic rings. The number of halogens is 2. The van der Waals surface area contributed by atoms with Gasteiger partial charge in [-0.2, -0.15) is 0 Å². The van der Waals surface area contributed by atoms with E-state index in [1.807, 2.05) is 0 Å². The van der Waals surface area contributed by atoms with Crippen LogP contribution in [0.4, 0.5) is 0 Å². The van der Waals surface area contributed by atoms with Crippen LogP contribution >= 0.6 is 30.9 Å². The van der Waals surface area contributed by atoms with Gasteiger partial charge in [-0.05, 0) is 18.8 Å². The molecular weight excluding hydrogens is 294 g/mol. The van der Waals surface area contributed by atoms with Crippen molar-refractivity contribution in [2.24, 2.45) is 5.92 Å². The summed E-state index contributed by atoms with van der Waals surface area (Å²) in [7, 11) is -2.93. The number of hydrogen-bond donors (Lipinski definition) is 1. The summed E-state index contributed by atoms with van der Waals surface area (Å²) in [5.41, 5.74) is 0. The van der Waals surface area contributed by atoms with Crippen molar-refractivity contribution >= 4 is 30.9 Å². The highest BCUT2D eigenvalue weighted by molar-refractivity contribution is 7.54. The van der Waals surface area contributed by atoms with Crippen molar-refractivity contribution in [3.05, 3.63) is 0 Å². The van der Waals surface area contributed by atoms with E-state index in [4.69, 9.17) is 27.7 Å². The Morgan fingerprint density at radius 3 is 2.56 bits per heavy atom. The minimum atomic E-state index is -2.93. The first-order chi connectivity index (χ1) is 8.69. The highest BCUT2D eigenvalue weighted by Gasteiger charge is 2.42. The maximum Gasteiger partial charge on any atom is 0.343 e. The van der Waals surface area contributed by atoms with Gasteiger partial charge in [0.25, 0.3) is 0 Å². The van der Waals surface area contributed by atoms with Gasteiger partial charge in [-0.25, -0.2) is 9.76 Å². The van der Waals surface area contributed by atoms with E-state index < -0.39 is 7.67 Å². The molecule has 1 aliphatic heterocycles. The SMILES string of the molecule is O=[P@]1(N(CCCl)CCCl)N[C@@H]2CCCC[C@@H]2CO1. The zero-order valence-electron chi connectivity index (χ0n) is 10.5. The first-order valence-electron chi connectivity index (χ1n) is 6.59. The van der Waals surface area contributed by atoms with Crippen LogP contribution in [-0.2, 0) is 9.09 Å². The minimum Gasteiger partial charge on any atom is -0.306 e. The third-order valence-corrected chi connectivity index (χ3v) is 6.40. The lowest BCUT2D eigenvalue weighted by Crippen LogP contribution is -2.47. The molecule has 3 atom stereocenters. The number of hydrogen-bond acceptors (Lipinski definition) is 2. The van der Waals surface area contributed by atoms with Crippen molar-refractivity contribution in [2.45, 2.75) is 31.7 Å². The van der Waals surface area contributed by atoms with Crippen LogP contribution in [0.5, 0.6) is 0 Å². The molecule has 2 aliphatic rings. The highest BCUT2D eigenvalue weighted by Crippen LogP contribution is 2.52. The lowest BCUT2D eigenvalue weighted by molar-refractivity contribution is 0.126. The van der Waals surface area contributed by atoms with Crippen LogP contribution in [0.15, 0.2) is 0 Å². The molecule has 0 unspecified atom stereocenters. The molecule has 0 aromatic carbocycles. The fourth-order valence-electron chi connectivity index (χ4n) is 2.75. The lowest BCUT2D eigenvalue weighted by atomic mass is 9.86. The topological polar surface area (TPSA) is 41.6 Å². The van der Waals surface area contributed by atoms with Crippen LogP contribution in [0.25, 0.3) is 0 Å². The van der Waals surface area contributed by atoms with E-state index in [1.54, 1.807) is 4.67 Å². The average Bonchev–Trinajstić information content (AvgIpc) is 2.38. The second kappa shape index (κ2) is 6.92. The van der Waals surface area contributed by atoms with Crippen LogP contribution < -0.4 is 5.09 Å². The number of fused-ring (bicyclic) bond motifs is 1. The molecule has 1 saturated heterocycles. The Bertz CT molecular complexity index is 313. The average molecular weight is 315 g/mol. The van der Waals surface area contributed by atoms with Gasteiger partial charge in [0, 0.05) is 30.9 Å². The summed E-state index contributed by atoms with van der Waals surface area (Å²) < 4.78 is 20.3. The first-order valence-corrected chi connectivity index (χ1v) is 9.24. The molecule has 1 saturated carbocycles. The van der Waals surface area contributed by atoms with Crippen molar-refractivity contribution < 1.29 is 9.09 Å². The van der Waals surface area contributed by atoms with Gasteiger partial charge in [0.15, 0.2) is 0 Å². The van der Waals surface area contributed by atoms with Gasteiger partial charge in [0.1, 0.15) is 0 Å². The van der Waals surface area contributed by atoms with Crippen molar-refractivity contribution in [2.75, 3.05) is 31.5 Å². The molecule has 0 spiro atoms. The lowest BCUT2D eigenvalue weighted by Gasteiger charge is -2.43. The summed E-state index contributed by atoms with van der Waals surface area (Å²) in [4.78, 5) is 0. The van der Waals surface area contributed by atoms with Crippen LogP contribution in [0.2, 0.25) is 0 Å². The predicted octanol–water partition coefficient (Wildman–Crippen LogP) is 3.05. The molecule has 0 aromatic heterocycles. The van der Waals surface area contributed by atoms with Crippen molar-refractivity contribution in [3.8, 4) is 0 Å². The van der Waals surface area contributed by atoms with Crippen molar-refractivity contribution in [1.82, 2.24) is 9.76 Å². The molecular formula is C11H21Cl2N2O2P. The number of alkyl halides is 2. The van der Waals surface area contributed by atoms with E-state index in [0.29, 0.717) is 43.4 Å². The summed E-state index contributed by atoms with van der Waals surface area (Å²) in [5.74, 6) is 1.37. The van der Waals surface area contributed by atoms with E-state index >= 15 is 0 Å². The van der Waals surface area contributed by atoms with E-state index in [1.165, 1.54) is 19.3 Å². The number of nitrogens with one attached hydrogen (secondary N) is 1. The van der Waals surface area contributed by atoms with Gasteiger partial charge in [0.05, 0.1) is 6.61 Å². The van der Waals surface area contributed by atoms with Crippen LogP contribution in [0.1, 0.15) is 25.7 Å². The Labute approximate surface area is 119 Å². The molecule has 1 heterocycles. The molecule has 1 aliphatic carbocycles. The Kier molecular flexibility index (Phi) is 5.80. The summed E-state index contributed by atoms with van der Waals surface area (Å²) in [6.45, 7) is 1.67. The van der Waals surface area contributed by atoms with Gasteiger partial charge in [-0.1, -0.05) is 12.8 Å². The third-order valence-electron chi connectivity index (χ3n) is 3.76. The predicted molar refractivity (Wildman–Crippen MR) is 75.5 cm³/mol. The molecule has 4 nitrogen and oxygen atoms in total. The molecule has 0 amide bonds. The smallest absolute Gasteiger partial charge is 0.306 e. The normalized spacial score (nSPS) is 36.6. The molecule has 7 heteroatoms. The molecule has 18 heavy (non-hydrogen) atoms. The highest BCUT2D eigenvalue weighted by atomic mass is 35.5. The molecule has 0 radical (unpaired) electrons. The molecule has 2 fully saturated rings.